The third-order valence-electron chi connectivity index (χ3n) is 4.11. The molecule has 2 rings (SSSR count). The van der Waals surface area contributed by atoms with Gasteiger partial charge in [0.2, 0.25) is 0 Å². The van der Waals surface area contributed by atoms with Gasteiger partial charge >= 0.3 is 6.09 Å². The largest absolute Gasteiger partial charge is 0.414 e. The summed E-state index contributed by atoms with van der Waals surface area (Å²) in [6.07, 6.45) is 3.17. The van der Waals surface area contributed by atoms with Gasteiger partial charge in [0.1, 0.15) is 5.75 Å². The Labute approximate surface area is 137 Å². The van der Waals surface area contributed by atoms with Crippen LogP contribution in [0.1, 0.15) is 19.3 Å². The number of hydrogen-bond donors (Lipinski definition) is 1. The first-order valence-electron chi connectivity index (χ1n) is 8.01. The number of rotatable bonds is 4. The van der Waals surface area contributed by atoms with Crippen molar-refractivity contribution in [1.29, 1.82) is 0 Å². The number of quaternary nitrogens is 1. The molecule has 126 valence electrons. The highest BCUT2D eigenvalue weighted by atomic mass is 16.6. The monoisotopic (exact) mass is 320 g/mol. The zero-order valence-corrected chi connectivity index (χ0v) is 14.2. The molecule has 1 N–H and O–H groups in total. The highest BCUT2D eigenvalue weighted by Crippen LogP contribution is 2.19. The molecular weight excluding hydrogens is 294 g/mol. The van der Waals surface area contributed by atoms with Crippen LogP contribution in [0.25, 0.3) is 0 Å². The smallest absolute Gasteiger partial charge is 0.410 e. The lowest BCUT2D eigenvalue weighted by Crippen LogP contribution is -2.51. The molecule has 1 aliphatic rings. The van der Waals surface area contributed by atoms with Crippen LogP contribution >= 0.6 is 0 Å². The molecule has 0 aromatic heterocycles. The summed E-state index contributed by atoms with van der Waals surface area (Å²) in [6, 6.07) is 6.90. The van der Waals surface area contributed by atoms with Crippen LogP contribution in [0.3, 0.4) is 0 Å². The summed E-state index contributed by atoms with van der Waals surface area (Å²) >= 11 is 0. The summed E-state index contributed by atoms with van der Waals surface area (Å²) in [7, 11) is 5.38. The summed E-state index contributed by atoms with van der Waals surface area (Å²) in [6.45, 7) is 2.57. The molecule has 0 unspecified atom stereocenters. The van der Waals surface area contributed by atoms with Crippen LogP contribution in [0.15, 0.2) is 24.3 Å². The molecule has 2 amide bonds. The second kappa shape index (κ2) is 7.46. The summed E-state index contributed by atoms with van der Waals surface area (Å²) < 4.78 is 5.99. The Balaban J connectivity index is 1.94. The van der Waals surface area contributed by atoms with Gasteiger partial charge in [0.25, 0.3) is 5.91 Å². The average molecular weight is 320 g/mol. The van der Waals surface area contributed by atoms with Crippen LogP contribution in [-0.4, -0.2) is 62.2 Å². The van der Waals surface area contributed by atoms with E-state index in [-0.39, 0.29) is 5.91 Å². The predicted octanol–water partition coefficient (Wildman–Crippen LogP) is 2.32. The number of carbonyl (C=O) groups is 2. The first-order valence-corrected chi connectivity index (χ1v) is 8.01. The number of amides is 2. The maximum Gasteiger partial charge on any atom is 0.414 e. The number of carbonyl (C=O) groups excluding carboxylic acids is 2. The van der Waals surface area contributed by atoms with Crippen LogP contribution in [0, 0.1) is 0 Å². The molecule has 0 spiro atoms. The molecular formula is C17H26N3O3+. The lowest BCUT2D eigenvalue weighted by Gasteiger charge is -2.37. The molecule has 1 fully saturated rings. The first-order chi connectivity index (χ1) is 10.9. The van der Waals surface area contributed by atoms with Gasteiger partial charge in [-0.05, 0) is 31.4 Å². The van der Waals surface area contributed by atoms with E-state index < -0.39 is 6.09 Å². The van der Waals surface area contributed by atoms with Crippen molar-refractivity contribution in [2.75, 3.05) is 46.1 Å². The van der Waals surface area contributed by atoms with Gasteiger partial charge in [-0.15, -0.1) is 0 Å². The van der Waals surface area contributed by atoms with Crippen molar-refractivity contribution in [3.05, 3.63) is 24.3 Å². The van der Waals surface area contributed by atoms with Crippen LogP contribution in [0.4, 0.5) is 10.5 Å². The van der Waals surface area contributed by atoms with Crippen LogP contribution < -0.4 is 10.1 Å². The van der Waals surface area contributed by atoms with Gasteiger partial charge in [0.15, 0.2) is 6.54 Å². The molecule has 0 saturated carbocycles. The number of piperidine rings is 1. The number of likely N-dealkylation sites (N-methyl/N-ethyl adjacent to an activating group) is 1. The molecule has 1 heterocycles. The standard InChI is InChI=1S/C17H25N3O3/c1-19(2)17(22)23-15-9-7-8-14(12-15)18-16(21)13-20(3)10-5-4-6-11-20/h7-9,12H,4-6,10-11,13H2,1-3H3/p+1. The zero-order chi connectivity index (χ0) is 16.9. The Morgan fingerprint density at radius 3 is 2.57 bits per heavy atom. The summed E-state index contributed by atoms with van der Waals surface area (Å²) in [5.41, 5.74) is 0.641. The minimum absolute atomic E-state index is 0.00881. The van der Waals surface area contributed by atoms with Crippen LogP contribution in [0.2, 0.25) is 0 Å². The number of likely N-dealkylation sites (tertiary alicyclic amines) is 1. The zero-order valence-electron chi connectivity index (χ0n) is 14.2. The number of nitrogens with zero attached hydrogens (tertiary/aromatic N) is 2. The quantitative estimate of drug-likeness (QED) is 0.866. The number of hydrogen-bond acceptors (Lipinski definition) is 3. The lowest BCUT2D eigenvalue weighted by atomic mass is 10.1. The Hall–Kier alpha value is -2.08. The average Bonchev–Trinajstić information content (AvgIpc) is 2.47. The van der Waals surface area contributed by atoms with Crippen molar-refractivity contribution in [2.45, 2.75) is 19.3 Å². The molecule has 6 nitrogen and oxygen atoms in total. The molecule has 1 saturated heterocycles. The van der Waals surface area contributed by atoms with Gasteiger partial charge in [-0.2, -0.15) is 0 Å². The second-order valence-electron chi connectivity index (χ2n) is 6.62. The number of ether oxygens (including phenoxy) is 1. The first kappa shape index (κ1) is 17.3. The fraction of sp³-hybridized carbons (Fsp3) is 0.529. The van der Waals surface area contributed by atoms with E-state index in [0.29, 0.717) is 18.0 Å². The topological polar surface area (TPSA) is 58.6 Å². The minimum atomic E-state index is -0.445. The van der Waals surface area contributed by atoms with Crippen molar-refractivity contribution < 1.29 is 18.8 Å². The molecule has 0 aliphatic carbocycles. The predicted molar refractivity (Wildman–Crippen MR) is 89.4 cm³/mol. The molecule has 0 radical (unpaired) electrons. The van der Waals surface area contributed by atoms with E-state index >= 15 is 0 Å². The maximum absolute atomic E-state index is 12.3. The van der Waals surface area contributed by atoms with Crippen molar-refractivity contribution >= 4 is 17.7 Å². The molecule has 23 heavy (non-hydrogen) atoms. The fourth-order valence-electron chi connectivity index (χ4n) is 2.81. The Morgan fingerprint density at radius 2 is 1.91 bits per heavy atom. The summed E-state index contributed by atoms with van der Waals surface area (Å²) in [5.74, 6) is 0.408. The Kier molecular flexibility index (Phi) is 5.60. The number of benzene rings is 1. The molecule has 1 aromatic rings. The van der Waals surface area contributed by atoms with E-state index in [4.69, 9.17) is 4.74 Å². The maximum atomic E-state index is 12.3. The van der Waals surface area contributed by atoms with Gasteiger partial charge in [-0.3, -0.25) is 4.79 Å². The van der Waals surface area contributed by atoms with Gasteiger partial charge in [0, 0.05) is 25.8 Å². The highest BCUT2D eigenvalue weighted by molar-refractivity contribution is 5.91. The molecule has 0 atom stereocenters. The van der Waals surface area contributed by atoms with E-state index in [2.05, 4.69) is 12.4 Å². The molecule has 1 aromatic carbocycles. The third kappa shape index (κ3) is 5.25. The molecule has 6 heteroatoms. The minimum Gasteiger partial charge on any atom is -0.410 e. The van der Waals surface area contributed by atoms with Gasteiger partial charge < -0.3 is 19.4 Å². The normalized spacial score (nSPS) is 16.5. The van der Waals surface area contributed by atoms with Crippen molar-refractivity contribution in [3.63, 3.8) is 0 Å². The van der Waals surface area contributed by atoms with Gasteiger partial charge in [-0.25, -0.2) is 4.79 Å². The number of anilines is 1. The Bertz CT molecular complexity index is 566. The van der Waals surface area contributed by atoms with Crippen molar-refractivity contribution in [3.8, 4) is 5.75 Å². The van der Waals surface area contributed by atoms with Crippen LogP contribution in [-0.2, 0) is 4.79 Å². The second-order valence-corrected chi connectivity index (χ2v) is 6.62. The van der Waals surface area contributed by atoms with E-state index in [1.807, 2.05) is 0 Å². The molecule has 1 aliphatic heterocycles. The van der Waals surface area contributed by atoms with E-state index in [1.165, 1.54) is 24.2 Å². The SMILES string of the molecule is CN(C)C(=O)Oc1cccc(NC(=O)C[N+]2(C)CCCCC2)c1. The van der Waals surface area contributed by atoms with Gasteiger partial charge in [-0.1, -0.05) is 6.07 Å². The van der Waals surface area contributed by atoms with Crippen molar-refractivity contribution in [2.24, 2.45) is 0 Å². The van der Waals surface area contributed by atoms with E-state index in [9.17, 15) is 9.59 Å². The van der Waals surface area contributed by atoms with Gasteiger partial charge in [0.05, 0.1) is 20.1 Å². The highest BCUT2D eigenvalue weighted by Gasteiger charge is 2.27. The molecule has 0 bridgehead atoms. The van der Waals surface area contributed by atoms with E-state index in [1.54, 1.807) is 38.4 Å². The fourth-order valence-corrected chi connectivity index (χ4v) is 2.81. The van der Waals surface area contributed by atoms with Crippen LogP contribution in [0.5, 0.6) is 5.75 Å². The summed E-state index contributed by atoms with van der Waals surface area (Å²) in [5, 5.41) is 2.90. The Morgan fingerprint density at radius 1 is 1.22 bits per heavy atom. The van der Waals surface area contributed by atoms with Crippen molar-refractivity contribution in [1.82, 2.24) is 4.90 Å². The van der Waals surface area contributed by atoms with E-state index in [0.717, 1.165) is 17.6 Å². The number of nitrogens with one attached hydrogen (secondary N) is 1. The third-order valence-corrected chi connectivity index (χ3v) is 4.11. The summed E-state index contributed by atoms with van der Waals surface area (Å²) in [4.78, 5) is 25.2. The lowest BCUT2D eigenvalue weighted by molar-refractivity contribution is -0.906.